The number of ketones is 1. The van der Waals surface area contributed by atoms with E-state index in [0.717, 1.165) is 5.56 Å². The Bertz CT molecular complexity index is 988. The van der Waals surface area contributed by atoms with Crippen LogP contribution in [0.3, 0.4) is 0 Å². The number of carbonyl (C=O) groups is 3. The molecule has 150 valence electrons. The molecule has 2 amide bonds. The molecule has 3 rings (SSSR count). The average molecular weight is 459 g/mol. The number of ether oxygens (including phenoxy) is 2. The van der Waals surface area contributed by atoms with Crippen molar-refractivity contribution in [2.45, 2.75) is 13.0 Å². The summed E-state index contributed by atoms with van der Waals surface area (Å²) in [4.78, 5) is 36.1. The Hall–Kier alpha value is -3.13. The van der Waals surface area contributed by atoms with Gasteiger partial charge in [-0.25, -0.2) is 9.59 Å². The molecule has 8 heteroatoms. The van der Waals surface area contributed by atoms with Crippen molar-refractivity contribution in [2.24, 2.45) is 0 Å². The van der Waals surface area contributed by atoms with Crippen molar-refractivity contribution < 1.29 is 23.9 Å². The van der Waals surface area contributed by atoms with Crippen molar-refractivity contribution in [1.82, 2.24) is 10.6 Å². The number of urea groups is 1. The maximum Gasteiger partial charge on any atom is 0.343 e. The highest BCUT2D eigenvalue weighted by Crippen LogP contribution is 2.35. The monoisotopic (exact) mass is 458 g/mol. The van der Waals surface area contributed by atoms with Crippen molar-refractivity contribution in [1.29, 1.82) is 0 Å². The largest absolute Gasteiger partial charge is 0.481 e. The Morgan fingerprint density at radius 1 is 1.14 bits per heavy atom. The average Bonchev–Trinajstić information content (AvgIpc) is 2.72. The summed E-state index contributed by atoms with van der Waals surface area (Å²) in [7, 11) is 1.28. The maximum absolute atomic E-state index is 12.5. The number of esters is 1. The lowest BCUT2D eigenvalue weighted by Crippen LogP contribution is -2.44. The zero-order valence-electron chi connectivity index (χ0n) is 15.8. The van der Waals surface area contributed by atoms with Crippen molar-refractivity contribution in [2.75, 3.05) is 13.7 Å². The third-order valence-electron chi connectivity index (χ3n) is 4.38. The summed E-state index contributed by atoms with van der Waals surface area (Å²) in [6.45, 7) is 1.24. The molecule has 0 unspecified atom stereocenters. The number of hydrogen-bond acceptors (Lipinski definition) is 5. The molecule has 1 heterocycles. The second-order valence-corrected chi connectivity index (χ2v) is 7.15. The standard InChI is InChI=1S/C21H19BrN2O5/c1-12(25)18-19(13-6-4-3-5-7-13)23-21(27)24-20(18)14-8-9-16(15(22)10-14)29-11-17(26)28-2/h3-10,20H,11H2,1-2H3,(H2,23,24,27)/t20-/m0/s1. The molecule has 1 atom stereocenters. The van der Waals surface area contributed by atoms with Gasteiger partial charge in [0.2, 0.25) is 0 Å². The molecule has 0 saturated carbocycles. The van der Waals surface area contributed by atoms with E-state index in [1.54, 1.807) is 18.2 Å². The van der Waals surface area contributed by atoms with Crippen molar-refractivity contribution >= 4 is 39.4 Å². The SMILES string of the molecule is COC(=O)COc1ccc([C@@H]2NC(=O)NC(c3ccccc3)=C2C(C)=O)cc1Br. The molecule has 0 saturated heterocycles. The number of methoxy groups -OCH3 is 1. The molecule has 0 bridgehead atoms. The van der Waals surface area contributed by atoms with E-state index in [1.165, 1.54) is 14.0 Å². The van der Waals surface area contributed by atoms with Gasteiger partial charge in [0.15, 0.2) is 12.4 Å². The van der Waals surface area contributed by atoms with Gasteiger partial charge < -0.3 is 20.1 Å². The fourth-order valence-corrected chi connectivity index (χ4v) is 3.55. The highest BCUT2D eigenvalue weighted by molar-refractivity contribution is 9.10. The molecule has 0 aliphatic carbocycles. The number of rotatable bonds is 6. The predicted molar refractivity (Wildman–Crippen MR) is 110 cm³/mol. The van der Waals surface area contributed by atoms with Gasteiger partial charge in [0, 0.05) is 5.57 Å². The lowest BCUT2D eigenvalue weighted by atomic mass is 9.90. The summed E-state index contributed by atoms with van der Waals surface area (Å²) < 4.78 is 10.6. The van der Waals surface area contributed by atoms with Gasteiger partial charge in [-0.05, 0) is 46.1 Å². The molecule has 29 heavy (non-hydrogen) atoms. The highest BCUT2D eigenvalue weighted by atomic mass is 79.9. The van der Waals surface area contributed by atoms with Crippen LogP contribution in [0.25, 0.3) is 5.70 Å². The number of hydrogen-bond donors (Lipinski definition) is 2. The third kappa shape index (κ3) is 4.65. The molecule has 2 aromatic rings. The highest BCUT2D eigenvalue weighted by Gasteiger charge is 2.31. The van der Waals surface area contributed by atoms with Gasteiger partial charge in [-0.3, -0.25) is 4.79 Å². The Balaban J connectivity index is 2.00. The summed E-state index contributed by atoms with van der Waals surface area (Å²) in [5.74, 6) is -0.222. The predicted octanol–water partition coefficient (Wildman–Crippen LogP) is 3.36. The van der Waals surface area contributed by atoms with Crippen LogP contribution in [0.5, 0.6) is 5.75 Å². The molecule has 1 aliphatic rings. The third-order valence-corrected chi connectivity index (χ3v) is 5.00. The van der Waals surface area contributed by atoms with Crippen LogP contribution in [-0.4, -0.2) is 31.5 Å². The van der Waals surface area contributed by atoms with Gasteiger partial charge in [0.25, 0.3) is 0 Å². The zero-order valence-corrected chi connectivity index (χ0v) is 17.4. The number of nitrogens with one attached hydrogen (secondary N) is 2. The van der Waals surface area contributed by atoms with Gasteiger partial charge >= 0.3 is 12.0 Å². The van der Waals surface area contributed by atoms with Crippen LogP contribution < -0.4 is 15.4 Å². The summed E-state index contributed by atoms with van der Waals surface area (Å²) in [6.07, 6.45) is 0. The number of benzene rings is 2. The van der Waals surface area contributed by atoms with Crippen LogP contribution in [-0.2, 0) is 14.3 Å². The number of halogens is 1. The van der Waals surface area contributed by atoms with Crippen molar-refractivity contribution in [3.63, 3.8) is 0 Å². The zero-order chi connectivity index (χ0) is 21.0. The molecule has 0 radical (unpaired) electrons. The van der Waals surface area contributed by atoms with Gasteiger partial charge in [0.05, 0.1) is 23.3 Å². The lowest BCUT2D eigenvalue weighted by molar-refractivity contribution is -0.142. The molecule has 0 aromatic heterocycles. The Morgan fingerprint density at radius 3 is 2.48 bits per heavy atom. The Labute approximate surface area is 176 Å². The first-order chi connectivity index (χ1) is 13.9. The van der Waals surface area contributed by atoms with Crippen molar-refractivity contribution in [3.05, 3.63) is 69.7 Å². The van der Waals surface area contributed by atoms with Crippen LogP contribution >= 0.6 is 15.9 Å². The molecular weight excluding hydrogens is 440 g/mol. The summed E-state index contributed by atoms with van der Waals surface area (Å²) >= 11 is 3.41. The Kier molecular flexibility index (Phi) is 6.33. The molecule has 7 nitrogen and oxygen atoms in total. The van der Waals surface area contributed by atoms with Crippen LogP contribution in [0.4, 0.5) is 4.79 Å². The van der Waals surface area contributed by atoms with E-state index >= 15 is 0 Å². The van der Waals surface area contributed by atoms with Gasteiger partial charge in [-0.2, -0.15) is 0 Å². The van der Waals surface area contributed by atoms with Gasteiger partial charge in [-0.15, -0.1) is 0 Å². The minimum atomic E-state index is -0.637. The summed E-state index contributed by atoms with van der Waals surface area (Å²) in [6, 6.07) is 13.3. The maximum atomic E-state index is 12.5. The summed E-state index contributed by atoms with van der Waals surface area (Å²) in [5, 5.41) is 5.56. The first kappa shape index (κ1) is 20.6. The molecule has 0 fully saturated rings. The molecule has 1 aliphatic heterocycles. The van der Waals surface area contributed by atoms with Crippen LogP contribution in [0.2, 0.25) is 0 Å². The van der Waals surface area contributed by atoms with E-state index in [0.29, 0.717) is 27.1 Å². The van der Waals surface area contributed by atoms with Crippen molar-refractivity contribution in [3.8, 4) is 5.75 Å². The number of Topliss-reactive ketones (excluding diaryl/α,β-unsaturated/α-hetero) is 1. The van der Waals surface area contributed by atoms with E-state index in [-0.39, 0.29) is 12.4 Å². The van der Waals surface area contributed by atoms with Crippen LogP contribution in [0.1, 0.15) is 24.1 Å². The second kappa shape index (κ2) is 8.91. The summed E-state index contributed by atoms with van der Waals surface area (Å²) in [5.41, 5.74) is 2.37. The first-order valence-corrected chi connectivity index (χ1v) is 9.57. The second-order valence-electron chi connectivity index (χ2n) is 6.30. The normalized spacial score (nSPS) is 16.0. The first-order valence-electron chi connectivity index (χ1n) is 8.77. The lowest BCUT2D eigenvalue weighted by Gasteiger charge is -2.29. The molecule has 2 aromatic carbocycles. The van der Waals surface area contributed by atoms with Crippen LogP contribution in [0.15, 0.2) is 58.6 Å². The topological polar surface area (TPSA) is 93.7 Å². The van der Waals surface area contributed by atoms with E-state index in [4.69, 9.17) is 4.74 Å². The fourth-order valence-electron chi connectivity index (χ4n) is 3.04. The van der Waals surface area contributed by atoms with E-state index in [9.17, 15) is 14.4 Å². The minimum absolute atomic E-state index is 0.163. The smallest absolute Gasteiger partial charge is 0.343 e. The minimum Gasteiger partial charge on any atom is -0.481 e. The number of amides is 2. The molecule has 0 spiro atoms. The van der Waals surface area contributed by atoms with E-state index in [2.05, 4.69) is 31.3 Å². The van der Waals surface area contributed by atoms with Gasteiger partial charge in [0.1, 0.15) is 5.75 Å². The van der Waals surface area contributed by atoms with E-state index < -0.39 is 18.0 Å². The fraction of sp³-hybridized carbons (Fsp3) is 0.190. The van der Waals surface area contributed by atoms with Crippen LogP contribution in [0, 0.1) is 0 Å². The van der Waals surface area contributed by atoms with Gasteiger partial charge in [-0.1, -0.05) is 36.4 Å². The quantitative estimate of drug-likeness (QED) is 0.647. The molecule has 2 N–H and O–H groups in total. The number of carbonyl (C=O) groups excluding carboxylic acids is 3. The molecular formula is C21H19BrN2O5. The van der Waals surface area contributed by atoms with E-state index in [1.807, 2.05) is 30.3 Å². The Morgan fingerprint density at radius 2 is 1.86 bits per heavy atom.